The van der Waals surface area contributed by atoms with Gasteiger partial charge in [0.25, 0.3) is 0 Å². The van der Waals surface area contributed by atoms with Gasteiger partial charge in [0.05, 0.1) is 14.2 Å². The van der Waals surface area contributed by atoms with Gasteiger partial charge in [-0.15, -0.1) is 0 Å². The highest BCUT2D eigenvalue weighted by molar-refractivity contribution is 9.10. The largest absolute Gasteiger partial charge is 0.493 e. The SMILES string of the molecule is COc1cc(Br)c(C=CCNC(=O)OCc2ccccc2)cc1OC. The molecule has 0 fully saturated rings. The molecule has 0 spiro atoms. The average molecular weight is 406 g/mol. The summed E-state index contributed by atoms with van der Waals surface area (Å²) in [6.07, 6.45) is 3.25. The lowest BCUT2D eigenvalue weighted by Gasteiger charge is -2.10. The summed E-state index contributed by atoms with van der Waals surface area (Å²) < 4.78 is 16.5. The molecule has 0 atom stereocenters. The molecular weight excluding hydrogens is 386 g/mol. The first-order chi connectivity index (χ1) is 12.1. The number of benzene rings is 2. The Balaban J connectivity index is 1.83. The minimum atomic E-state index is -0.458. The third-order valence-electron chi connectivity index (χ3n) is 3.38. The molecule has 132 valence electrons. The fraction of sp³-hybridized carbons (Fsp3) is 0.211. The molecule has 6 heteroatoms. The zero-order valence-electron chi connectivity index (χ0n) is 14.1. The van der Waals surface area contributed by atoms with E-state index in [0.717, 1.165) is 15.6 Å². The zero-order chi connectivity index (χ0) is 18.1. The number of halogens is 1. The van der Waals surface area contributed by atoms with Gasteiger partial charge in [-0.05, 0) is 23.3 Å². The maximum atomic E-state index is 11.7. The number of amides is 1. The first-order valence-electron chi connectivity index (χ1n) is 7.66. The van der Waals surface area contributed by atoms with Gasteiger partial charge in [0.2, 0.25) is 0 Å². The van der Waals surface area contributed by atoms with E-state index >= 15 is 0 Å². The van der Waals surface area contributed by atoms with Crippen LogP contribution in [0.15, 0.2) is 53.0 Å². The van der Waals surface area contributed by atoms with Gasteiger partial charge < -0.3 is 19.5 Å². The van der Waals surface area contributed by atoms with Crippen LogP contribution in [0.1, 0.15) is 11.1 Å². The number of carbonyl (C=O) groups is 1. The number of alkyl carbamates (subject to hydrolysis) is 1. The van der Waals surface area contributed by atoms with E-state index in [4.69, 9.17) is 14.2 Å². The summed E-state index contributed by atoms with van der Waals surface area (Å²) in [4.78, 5) is 11.7. The smallest absolute Gasteiger partial charge is 0.407 e. The van der Waals surface area contributed by atoms with Crippen LogP contribution in [-0.2, 0) is 11.3 Å². The number of hydrogen-bond donors (Lipinski definition) is 1. The Morgan fingerprint density at radius 1 is 1.12 bits per heavy atom. The Kier molecular flexibility index (Phi) is 7.35. The third-order valence-corrected chi connectivity index (χ3v) is 4.06. The first-order valence-corrected chi connectivity index (χ1v) is 8.46. The molecule has 2 aromatic rings. The molecular formula is C19H20BrNO4. The second kappa shape index (κ2) is 9.74. The number of methoxy groups -OCH3 is 2. The van der Waals surface area contributed by atoms with Crippen LogP contribution in [-0.4, -0.2) is 26.9 Å². The quantitative estimate of drug-likeness (QED) is 0.741. The van der Waals surface area contributed by atoms with Crippen LogP contribution < -0.4 is 14.8 Å². The van der Waals surface area contributed by atoms with E-state index in [1.165, 1.54) is 0 Å². The van der Waals surface area contributed by atoms with Crippen molar-refractivity contribution in [2.75, 3.05) is 20.8 Å². The maximum absolute atomic E-state index is 11.7. The average Bonchev–Trinajstić information content (AvgIpc) is 2.65. The Labute approximate surface area is 155 Å². The predicted octanol–water partition coefficient (Wildman–Crippen LogP) is 4.41. The molecule has 1 N–H and O–H groups in total. The molecule has 1 amide bonds. The van der Waals surface area contributed by atoms with E-state index in [1.54, 1.807) is 14.2 Å². The standard InChI is InChI=1S/C19H20BrNO4/c1-23-17-11-15(16(20)12-18(17)24-2)9-6-10-21-19(22)25-13-14-7-4-3-5-8-14/h3-9,11-12H,10,13H2,1-2H3,(H,21,22). The Hall–Kier alpha value is -2.47. The Morgan fingerprint density at radius 3 is 2.48 bits per heavy atom. The molecule has 25 heavy (non-hydrogen) atoms. The number of ether oxygens (including phenoxy) is 3. The van der Waals surface area contributed by atoms with Crippen LogP contribution >= 0.6 is 15.9 Å². The molecule has 2 aromatic carbocycles. The Morgan fingerprint density at radius 2 is 1.80 bits per heavy atom. The summed E-state index contributed by atoms with van der Waals surface area (Å²) in [5, 5.41) is 2.67. The lowest BCUT2D eigenvalue weighted by molar-refractivity contribution is 0.141. The fourth-order valence-corrected chi connectivity index (χ4v) is 2.55. The van der Waals surface area contributed by atoms with E-state index in [-0.39, 0.29) is 6.61 Å². The maximum Gasteiger partial charge on any atom is 0.407 e. The Bertz CT molecular complexity index is 732. The van der Waals surface area contributed by atoms with Crippen molar-refractivity contribution in [2.24, 2.45) is 0 Å². The van der Waals surface area contributed by atoms with Gasteiger partial charge in [-0.1, -0.05) is 58.4 Å². The number of nitrogens with one attached hydrogen (secondary N) is 1. The van der Waals surface area contributed by atoms with E-state index in [0.29, 0.717) is 18.0 Å². The molecule has 0 aliphatic rings. The monoisotopic (exact) mass is 405 g/mol. The van der Waals surface area contributed by atoms with E-state index in [2.05, 4.69) is 21.2 Å². The second-order valence-electron chi connectivity index (χ2n) is 5.07. The van der Waals surface area contributed by atoms with Crippen molar-refractivity contribution < 1.29 is 19.0 Å². The van der Waals surface area contributed by atoms with E-state index < -0.39 is 6.09 Å². The van der Waals surface area contributed by atoms with Crippen molar-refractivity contribution in [3.8, 4) is 11.5 Å². The van der Waals surface area contributed by atoms with Gasteiger partial charge in [-0.3, -0.25) is 0 Å². The summed E-state index contributed by atoms with van der Waals surface area (Å²) in [7, 11) is 3.17. The van der Waals surface area contributed by atoms with Gasteiger partial charge in [-0.2, -0.15) is 0 Å². The second-order valence-corrected chi connectivity index (χ2v) is 5.93. The minimum absolute atomic E-state index is 0.248. The highest BCUT2D eigenvalue weighted by Gasteiger charge is 2.07. The van der Waals surface area contributed by atoms with Crippen molar-refractivity contribution in [1.29, 1.82) is 0 Å². The highest BCUT2D eigenvalue weighted by Crippen LogP contribution is 2.33. The topological polar surface area (TPSA) is 56.8 Å². The van der Waals surface area contributed by atoms with E-state index in [9.17, 15) is 4.79 Å². The molecule has 0 radical (unpaired) electrons. The van der Waals surface area contributed by atoms with Crippen LogP contribution in [0.5, 0.6) is 11.5 Å². The lowest BCUT2D eigenvalue weighted by atomic mass is 10.2. The van der Waals surface area contributed by atoms with Crippen molar-refractivity contribution >= 4 is 28.1 Å². The highest BCUT2D eigenvalue weighted by atomic mass is 79.9. The normalized spacial score (nSPS) is 10.5. The van der Waals surface area contributed by atoms with Crippen LogP contribution in [0.3, 0.4) is 0 Å². The van der Waals surface area contributed by atoms with Gasteiger partial charge in [-0.25, -0.2) is 4.79 Å². The molecule has 0 saturated carbocycles. The van der Waals surface area contributed by atoms with Crippen molar-refractivity contribution in [3.63, 3.8) is 0 Å². The molecule has 0 aromatic heterocycles. The summed E-state index contributed by atoms with van der Waals surface area (Å²) in [6.45, 7) is 0.603. The van der Waals surface area contributed by atoms with Crippen molar-refractivity contribution in [1.82, 2.24) is 5.32 Å². The first kappa shape index (κ1) is 18.9. The molecule has 0 aliphatic heterocycles. The van der Waals surface area contributed by atoms with Gasteiger partial charge >= 0.3 is 6.09 Å². The van der Waals surface area contributed by atoms with E-state index in [1.807, 2.05) is 54.6 Å². The number of rotatable bonds is 7. The van der Waals surface area contributed by atoms with Crippen LogP contribution in [0.25, 0.3) is 6.08 Å². The molecule has 2 rings (SSSR count). The minimum Gasteiger partial charge on any atom is -0.493 e. The van der Waals surface area contributed by atoms with Crippen LogP contribution in [0.2, 0.25) is 0 Å². The fourth-order valence-electron chi connectivity index (χ4n) is 2.10. The number of carbonyl (C=O) groups excluding carboxylic acids is 1. The predicted molar refractivity (Wildman–Crippen MR) is 101 cm³/mol. The molecule has 0 heterocycles. The molecule has 5 nitrogen and oxygen atoms in total. The summed E-state index contributed by atoms with van der Waals surface area (Å²) in [5.41, 5.74) is 1.86. The van der Waals surface area contributed by atoms with Gasteiger partial charge in [0.1, 0.15) is 6.61 Å². The van der Waals surface area contributed by atoms with Gasteiger partial charge in [0, 0.05) is 11.0 Å². The van der Waals surface area contributed by atoms with Crippen molar-refractivity contribution in [2.45, 2.75) is 6.61 Å². The zero-order valence-corrected chi connectivity index (χ0v) is 15.7. The molecule has 0 bridgehead atoms. The molecule has 0 saturated heterocycles. The van der Waals surface area contributed by atoms with Crippen molar-refractivity contribution in [3.05, 3.63) is 64.1 Å². The summed E-state index contributed by atoms with van der Waals surface area (Å²) in [5.74, 6) is 1.29. The molecule has 0 unspecified atom stereocenters. The van der Waals surface area contributed by atoms with Crippen LogP contribution in [0, 0.1) is 0 Å². The summed E-state index contributed by atoms with van der Waals surface area (Å²) in [6, 6.07) is 13.2. The molecule has 0 aliphatic carbocycles. The third kappa shape index (κ3) is 5.83. The number of hydrogen-bond acceptors (Lipinski definition) is 4. The summed E-state index contributed by atoms with van der Waals surface area (Å²) >= 11 is 3.48. The lowest BCUT2D eigenvalue weighted by Crippen LogP contribution is -2.24. The van der Waals surface area contributed by atoms with Gasteiger partial charge in [0.15, 0.2) is 11.5 Å². The van der Waals surface area contributed by atoms with Crippen LogP contribution in [0.4, 0.5) is 4.79 Å².